The quantitative estimate of drug-likeness (QED) is 0.690. The van der Waals surface area contributed by atoms with Gasteiger partial charge in [-0.25, -0.2) is 4.79 Å². The van der Waals surface area contributed by atoms with Crippen molar-refractivity contribution in [3.8, 4) is 11.8 Å². The number of nitrogens with one attached hydrogen (secondary N) is 1. The van der Waals surface area contributed by atoms with Gasteiger partial charge < -0.3 is 14.8 Å². The number of nitrogens with zero attached hydrogens (tertiary/aromatic N) is 2. The summed E-state index contributed by atoms with van der Waals surface area (Å²) in [6.07, 6.45) is 0. The first-order valence-corrected chi connectivity index (χ1v) is 6.09. The van der Waals surface area contributed by atoms with Crippen LogP contribution in [0.15, 0.2) is 30.3 Å². The average molecular weight is 294 g/mol. The Labute approximate surface area is 120 Å². The predicted molar refractivity (Wildman–Crippen MR) is 74.4 cm³/mol. The summed E-state index contributed by atoms with van der Waals surface area (Å²) < 4.78 is 10.2. The second-order valence-electron chi connectivity index (χ2n) is 3.70. The van der Waals surface area contributed by atoms with Gasteiger partial charge in [0.1, 0.15) is 22.3 Å². The second-order valence-corrected chi connectivity index (χ2v) is 4.09. The van der Waals surface area contributed by atoms with Gasteiger partial charge in [0.2, 0.25) is 0 Å². The molecular formula is C13H12ClN3O3. The summed E-state index contributed by atoms with van der Waals surface area (Å²) in [6, 6.07) is 8.24. The molecule has 0 amide bonds. The van der Waals surface area contributed by atoms with Crippen molar-refractivity contribution in [2.75, 3.05) is 19.5 Å². The summed E-state index contributed by atoms with van der Waals surface area (Å²) >= 11 is 5.86. The van der Waals surface area contributed by atoms with Gasteiger partial charge in [0.25, 0.3) is 0 Å². The maximum atomic E-state index is 11.6. The van der Waals surface area contributed by atoms with Crippen LogP contribution in [0.1, 0.15) is 10.4 Å². The van der Waals surface area contributed by atoms with Crippen LogP contribution in [0, 0.1) is 0 Å². The van der Waals surface area contributed by atoms with Crippen molar-refractivity contribution in [1.29, 1.82) is 0 Å². The lowest BCUT2D eigenvalue weighted by Gasteiger charge is -2.09. The molecule has 0 aliphatic rings. The van der Waals surface area contributed by atoms with E-state index in [1.165, 1.54) is 7.11 Å². The van der Waals surface area contributed by atoms with Gasteiger partial charge in [-0.3, -0.25) is 0 Å². The molecule has 0 bridgehead atoms. The number of ether oxygens (including phenoxy) is 2. The maximum Gasteiger partial charge on any atom is 0.341 e. The highest BCUT2D eigenvalue weighted by molar-refractivity contribution is 6.29. The van der Waals surface area contributed by atoms with E-state index in [0.29, 0.717) is 11.6 Å². The number of rotatable bonds is 4. The molecule has 0 saturated heterocycles. The van der Waals surface area contributed by atoms with Crippen molar-refractivity contribution >= 4 is 23.4 Å². The normalized spacial score (nSPS) is 9.95. The minimum atomic E-state index is -0.503. The fourth-order valence-corrected chi connectivity index (χ4v) is 1.68. The molecule has 0 fully saturated rings. The van der Waals surface area contributed by atoms with Crippen LogP contribution in [-0.2, 0) is 4.74 Å². The molecule has 7 heteroatoms. The van der Waals surface area contributed by atoms with E-state index in [2.05, 4.69) is 20.0 Å². The average Bonchev–Trinajstić information content (AvgIpc) is 2.46. The monoisotopic (exact) mass is 293 g/mol. The number of carbonyl (C=O) groups is 1. The lowest BCUT2D eigenvalue weighted by Crippen LogP contribution is -2.05. The lowest BCUT2D eigenvalue weighted by atomic mass is 10.2. The third kappa shape index (κ3) is 3.16. The van der Waals surface area contributed by atoms with Gasteiger partial charge in [-0.1, -0.05) is 23.7 Å². The summed E-state index contributed by atoms with van der Waals surface area (Å²) in [5.74, 6) is 0.302. The van der Waals surface area contributed by atoms with Crippen LogP contribution in [0.2, 0.25) is 5.15 Å². The lowest BCUT2D eigenvalue weighted by molar-refractivity contribution is 0.0598. The molecule has 0 unspecified atom stereocenters. The molecule has 1 heterocycles. The first-order chi connectivity index (χ1) is 9.63. The second kappa shape index (κ2) is 6.21. The Kier molecular flexibility index (Phi) is 4.37. The summed E-state index contributed by atoms with van der Waals surface area (Å²) in [7, 11) is 3.00. The van der Waals surface area contributed by atoms with E-state index >= 15 is 0 Å². The molecule has 104 valence electrons. The first kappa shape index (κ1) is 14.1. The molecular weight excluding hydrogens is 282 g/mol. The number of para-hydroxylation sites is 1. The topological polar surface area (TPSA) is 73.3 Å². The van der Waals surface area contributed by atoms with Gasteiger partial charge in [-0.05, 0) is 12.1 Å². The molecule has 0 aliphatic heterocycles. The number of aromatic nitrogens is 2. The zero-order valence-corrected chi connectivity index (χ0v) is 11.6. The Hall–Kier alpha value is -2.34. The number of esters is 1. The first-order valence-electron chi connectivity index (χ1n) is 5.71. The van der Waals surface area contributed by atoms with Crippen molar-refractivity contribution in [2.45, 2.75) is 0 Å². The third-order valence-electron chi connectivity index (χ3n) is 2.42. The van der Waals surface area contributed by atoms with Crippen molar-refractivity contribution in [3.63, 3.8) is 0 Å². The molecule has 1 aromatic heterocycles. The summed E-state index contributed by atoms with van der Waals surface area (Å²) in [6.45, 7) is 0. The fourth-order valence-electron chi connectivity index (χ4n) is 1.50. The van der Waals surface area contributed by atoms with Crippen molar-refractivity contribution < 1.29 is 14.3 Å². The number of carbonyl (C=O) groups excluding carboxylic acids is 1. The van der Waals surface area contributed by atoms with Crippen LogP contribution in [0.25, 0.3) is 0 Å². The number of benzene rings is 1. The largest absolute Gasteiger partial charge is 0.465 e. The van der Waals surface area contributed by atoms with E-state index in [1.54, 1.807) is 37.4 Å². The Balaban J connectivity index is 2.35. The molecule has 0 aliphatic carbocycles. The third-order valence-corrected chi connectivity index (χ3v) is 2.62. The van der Waals surface area contributed by atoms with E-state index in [1.807, 2.05) is 0 Å². The van der Waals surface area contributed by atoms with E-state index in [9.17, 15) is 4.79 Å². The Bertz CT molecular complexity index is 634. The Morgan fingerprint density at radius 1 is 1.30 bits per heavy atom. The van der Waals surface area contributed by atoms with Crippen molar-refractivity contribution in [1.82, 2.24) is 9.97 Å². The molecule has 2 aromatic rings. The van der Waals surface area contributed by atoms with E-state index in [4.69, 9.17) is 16.3 Å². The van der Waals surface area contributed by atoms with Gasteiger partial charge in [0.05, 0.1) is 7.11 Å². The number of hydrogen-bond donors (Lipinski definition) is 1. The maximum absolute atomic E-state index is 11.6. The van der Waals surface area contributed by atoms with Crippen molar-refractivity contribution in [3.05, 3.63) is 41.0 Å². The molecule has 1 N–H and O–H groups in total. The molecule has 2 rings (SSSR count). The minimum Gasteiger partial charge on any atom is -0.465 e. The fraction of sp³-hybridized carbons (Fsp3) is 0.154. The molecule has 6 nitrogen and oxygen atoms in total. The highest BCUT2D eigenvalue weighted by Gasteiger charge is 2.14. The molecule has 20 heavy (non-hydrogen) atoms. The summed E-state index contributed by atoms with van der Waals surface area (Å²) in [4.78, 5) is 19.7. The Morgan fingerprint density at radius 3 is 2.75 bits per heavy atom. The number of anilines is 1. The van der Waals surface area contributed by atoms with Crippen LogP contribution >= 0.6 is 11.6 Å². The van der Waals surface area contributed by atoms with Crippen LogP contribution in [0.4, 0.5) is 5.82 Å². The predicted octanol–water partition coefficient (Wildman–Crippen LogP) is 2.75. The SMILES string of the molecule is CNc1cc(Cl)nc(Oc2ccccc2C(=O)OC)n1. The molecule has 0 atom stereocenters. The summed E-state index contributed by atoms with van der Waals surface area (Å²) in [5, 5.41) is 3.07. The van der Waals surface area contributed by atoms with E-state index in [0.717, 1.165) is 0 Å². The molecule has 0 radical (unpaired) electrons. The molecule has 1 aromatic carbocycles. The molecule has 0 spiro atoms. The van der Waals surface area contributed by atoms with Gasteiger partial charge in [0, 0.05) is 13.1 Å². The zero-order chi connectivity index (χ0) is 14.5. The standard InChI is InChI=1S/C13H12ClN3O3/c1-15-11-7-10(14)16-13(17-11)20-9-6-4-3-5-8(9)12(18)19-2/h3-7H,1-2H3,(H,15,16,17). The summed E-state index contributed by atoms with van der Waals surface area (Å²) in [5.41, 5.74) is 0.282. The van der Waals surface area contributed by atoms with Crippen LogP contribution < -0.4 is 10.1 Å². The smallest absolute Gasteiger partial charge is 0.341 e. The van der Waals surface area contributed by atoms with Crippen LogP contribution in [0.3, 0.4) is 0 Å². The number of halogens is 1. The van der Waals surface area contributed by atoms with Crippen molar-refractivity contribution in [2.24, 2.45) is 0 Å². The van der Waals surface area contributed by atoms with Crippen LogP contribution in [0.5, 0.6) is 11.8 Å². The zero-order valence-electron chi connectivity index (χ0n) is 10.9. The number of hydrogen-bond acceptors (Lipinski definition) is 6. The van der Waals surface area contributed by atoms with Gasteiger partial charge in [0.15, 0.2) is 0 Å². The molecule has 0 saturated carbocycles. The van der Waals surface area contributed by atoms with Gasteiger partial charge in [-0.15, -0.1) is 0 Å². The van der Waals surface area contributed by atoms with Gasteiger partial charge in [-0.2, -0.15) is 9.97 Å². The highest BCUT2D eigenvalue weighted by Crippen LogP contribution is 2.25. The Morgan fingerprint density at radius 2 is 2.05 bits per heavy atom. The van der Waals surface area contributed by atoms with E-state index < -0.39 is 5.97 Å². The van der Waals surface area contributed by atoms with Gasteiger partial charge >= 0.3 is 12.0 Å². The van der Waals surface area contributed by atoms with E-state index in [-0.39, 0.29) is 16.7 Å². The highest BCUT2D eigenvalue weighted by atomic mass is 35.5. The van der Waals surface area contributed by atoms with Crippen LogP contribution in [-0.4, -0.2) is 30.1 Å². The number of methoxy groups -OCH3 is 1. The minimum absolute atomic E-state index is 0.0400.